The third kappa shape index (κ3) is 2.05. The van der Waals surface area contributed by atoms with Crippen molar-refractivity contribution >= 4 is 16.5 Å². The molecule has 0 saturated heterocycles. The number of anilines is 1. The zero-order valence-corrected chi connectivity index (χ0v) is 10.0. The average molecular weight is 234 g/mol. The first-order chi connectivity index (χ1) is 8.83. The van der Waals surface area contributed by atoms with E-state index in [0.29, 0.717) is 0 Å². The number of aromatic nitrogens is 1. The van der Waals surface area contributed by atoms with E-state index in [-0.39, 0.29) is 0 Å². The number of hydrogen-bond acceptors (Lipinski definition) is 2. The van der Waals surface area contributed by atoms with Crippen molar-refractivity contribution in [2.24, 2.45) is 0 Å². The van der Waals surface area contributed by atoms with Gasteiger partial charge in [-0.3, -0.25) is 4.98 Å². The predicted molar refractivity (Wildman–Crippen MR) is 75.4 cm³/mol. The van der Waals surface area contributed by atoms with Gasteiger partial charge < -0.3 is 5.73 Å². The molecule has 2 aromatic carbocycles. The standard InChI is InChI=1S/C16H14N2/c17-14-7-5-12(6-8-14)11-16-15-4-2-1-3-13(15)9-10-18-16/h1-10H,11,17H2. The molecule has 3 rings (SSSR count). The van der Waals surface area contributed by atoms with Crippen LogP contribution in [-0.2, 0) is 6.42 Å². The summed E-state index contributed by atoms with van der Waals surface area (Å²) in [4.78, 5) is 4.49. The number of fused-ring (bicyclic) bond motifs is 1. The lowest BCUT2D eigenvalue weighted by Crippen LogP contribution is -1.94. The Labute approximate surface area is 106 Å². The summed E-state index contributed by atoms with van der Waals surface area (Å²) in [6, 6.07) is 18.4. The molecule has 0 aliphatic heterocycles. The third-order valence-electron chi connectivity index (χ3n) is 3.11. The molecule has 1 heterocycles. The Morgan fingerprint density at radius 2 is 1.67 bits per heavy atom. The molecule has 0 amide bonds. The highest BCUT2D eigenvalue weighted by atomic mass is 14.7. The van der Waals surface area contributed by atoms with Crippen LogP contribution in [0.4, 0.5) is 5.69 Å². The van der Waals surface area contributed by atoms with Crippen molar-refractivity contribution in [2.75, 3.05) is 5.73 Å². The molecule has 1 aromatic heterocycles. The molecular formula is C16H14N2. The molecule has 0 unspecified atom stereocenters. The summed E-state index contributed by atoms with van der Waals surface area (Å²) in [7, 11) is 0. The molecule has 0 radical (unpaired) electrons. The number of pyridine rings is 1. The minimum atomic E-state index is 0.796. The van der Waals surface area contributed by atoms with Gasteiger partial charge in [-0.15, -0.1) is 0 Å². The van der Waals surface area contributed by atoms with Crippen LogP contribution >= 0.6 is 0 Å². The Kier molecular flexibility index (Phi) is 2.69. The van der Waals surface area contributed by atoms with Crippen LogP contribution in [0.25, 0.3) is 10.8 Å². The number of nitrogens with zero attached hydrogens (tertiary/aromatic N) is 1. The maximum atomic E-state index is 5.69. The van der Waals surface area contributed by atoms with E-state index in [4.69, 9.17) is 5.73 Å². The van der Waals surface area contributed by atoms with Gasteiger partial charge in [0.2, 0.25) is 0 Å². The topological polar surface area (TPSA) is 38.9 Å². The quantitative estimate of drug-likeness (QED) is 0.690. The van der Waals surface area contributed by atoms with Gasteiger partial charge in [-0.05, 0) is 29.1 Å². The minimum absolute atomic E-state index is 0.796. The van der Waals surface area contributed by atoms with Crippen molar-refractivity contribution in [3.63, 3.8) is 0 Å². The van der Waals surface area contributed by atoms with E-state index in [2.05, 4.69) is 41.4 Å². The van der Waals surface area contributed by atoms with Crippen molar-refractivity contribution in [1.82, 2.24) is 4.98 Å². The van der Waals surface area contributed by atoms with Crippen molar-refractivity contribution in [2.45, 2.75) is 6.42 Å². The number of rotatable bonds is 2. The van der Waals surface area contributed by atoms with E-state index in [9.17, 15) is 0 Å². The maximum absolute atomic E-state index is 5.69. The zero-order valence-electron chi connectivity index (χ0n) is 10.0. The molecule has 2 nitrogen and oxygen atoms in total. The molecule has 0 fully saturated rings. The van der Waals surface area contributed by atoms with Crippen LogP contribution in [0, 0.1) is 0 Å². The van der Waals surface area contributed by atoms with Gasteiger partial charge in [0.15, 0.2) is 0 Å². The Morgan fingerprint density at radius 3 is 2.50 bits per heavy atom. The third-order valence-corrected chi connectivity index (χ3v) is 3.11. The average Bonchev–Trinajstić information content (AvgIpc) is 2.42. The monoisotopic (exact) mass is 234 g/mol. The second-order valence-electron chi connectivity index (χ2n) is 4.40. The van der Waals surface area contributed by atoms with Crippen LogP contribution in [0.1, 0.15) is 11.3 Å². The lowest BCUT2D eigenvalue weighted by Gasteiger charge is -2.06. The number of nitrogen functional groups attached to an aromatic ring is 1. The first-order valence-electron chi connectivity index (χ1n) is 6.00. The Bertz CT molecular complexity index is 667. The Balaban J connectivity index is 2.02. The van der Waals surface area contributed by atoms with Crippen molar-refractivity contribution in [3.8, 4) is 0 Å². The van der Waals surface area contributed by atoms with Crippen molar-refractivity contribution in [3.05, 3.63) is 72.1 Å². The highest BCUT2D eigenvalue weighted by Crippen LogP contribution is 2.19. The summed E-state index contributed by atoms with van der Waals surface area (Å²) < 4.78 is 0. The number of hydrogen-bond donors (Lipinski definition) is 1. The summed E-state index contributed by atoms with van der Waals surface area (Å²) in [5, 5.41) is 2.45. The lowest BCUT2D eigenvalue weighted by atomic mass is 10.0. The zero-order chi connectivity index (χ0) is 12.4. The van der Waals surface area contributed by atoms with Crippen molar-refractivity contribution < 1.29 is 0 Å². The normalized spacial score (nSPS) is 10.7. The Morgan fingerprint density at radius 1 is 0.889 bits per heavy atom. The first kappa shape index (κ1) is 10.8. The maximum Gasteiger partial charge on any atom is 0.0525 e. The van der Waals surface area contributed by atoms with Crippen LogP contribution in [0.15, 0.2) is 60.8 Å². The second kappa shape index (κ2) is 4.49. The van der Waals surface area contributed by atoms with Gasteiger partial charge in [-0.1, -0.05) is 36.4 Å². The molecular weight excluding hydrogens is 220 g/mol. The molecule has 3 aromatic rings. The van der Waals surface area contributed by atoms with Gasteiger partial charge in [0.05, 0.1) is 5.69 Å². The fourth-order valence-corrected chi connectivity index (χ4v) is 2.15. The van der Waals surface area contributed by atoms with Gasteiger partial charge in [-0.2, -0.15) is 0 Å². The van der Waals surface area contributed by atoms with Gasteiger partial charge in [0.1, 0.15) is 0 Å². The van der Waals surface area contributed by atoms with Crippen LogP contribution in [0.5, 0.6) is 0 Å². The SMILES string of the molecule is Nc1ccc(Cc2nccc3ccccc23)cc1. The molecule has 0 spiro atoms. The summed E-state index contributed by atoms with van der Waals surface area (Å²) in [5.74, 6) is 0. The predicted octanol–water partition coefficient (Wildman–Crippen LogP) is 3.41. The van der Waals surface area contributed by atoms with Gasteiger partial charge in [-0.25, -0.2) is 0 Å². The van der Waals surface area contributed by atoms with Crippen LogP contribution < -0.4 is 5.73 Å². The van der Waals surface area contributed by atoms with E-state index in [0.717, 1.165) is 17.8 Å². The summed E-state index contributed by atoms with van der Waals surface area (Å²) in [5.41, 5.74) is 8.83. The fraction of sp³-hybridized carbons (Fsp3) is 0.0625. The highest BCUT2D eigenvalue weighted by molar-refractivity contribution is 5.84. The molecule has 0 aliphatic carbocycles. The summed E-state index contributed by atoms with van der Waals surface area (Å²) in [6.07, 6.45) is 2.70. The highest BCUT2D eigenvalue weighted by Gasteiger charge is 2.03. The molecule has 0 saturated carbocycles. The Hall–Kier alpha value is -2.35. The molecule has 2 N–H and O–H groups in total. The smallest absolute Gasteiger partial charge is 0.0525 e. The molecule has 18 heavy (non-hydrogen) atoms. The first-order valence-corrected chi connectivity index (χ1v) is 6.00. The molecule has 0 aliphatic rings. The summed E-state index contributed by atoms with van der Waals surface area (Å²) >= 11 is 0. The van der Waals surface area contributed by atoms with E-state index >= 15 is 0 Å². The van der Waals surface area contributed by atoms with E-state index in [1.165, 1.54) is 16.3 Å². The molecule has 0 bridgehead atoms. The van der Waals surface area contributed by atoms with E-state index in [1.54, 1.807) is 0 Å². The van der Waals surface area contributed by atoms with Crippen LogP contribution in [-0.4, -0.2) is 4.98 Å². The van der Waals surface area contributed by atoms with Gasteiger partial charge >= 0.3 is 0 Å². The van der Waals surface area contributed by atoms with Crippen LogP contribution in [0.2, 0.25) is 0 Å². The minimum Gasteiger partial charge on any atom is -0.399 e. The van der Waals surface area contributed by atoms with E-state index in [1.807, 2.05) is 24.4 Å². The van der Waals surface area contributed by atoms with Gasteiger partial charge in [0.25, 0.3) is 0 Å². The number of nitrogens with two attached hydrogens (primary N) is 1. The second-order valence-corrected chi connectivity index (χ2v) is 4.40. The van der Waals surface area contributed by atoms with E-state index < -0.39 is 0 Å². The number of benzene rings is 2. The molecule has 88 valence electrons. The lowest BCUT2D eigenvalue weighted by molar-refractivity contribution is 1.10. The summed E-state index contributed by atoms with van der Waals surface area (Å²) in [6.45, 7) is 0. The largest absolute Gasteiger partial charge is 0.399 e. The fourth-order valence-electron chi connectivity index (χ4n) is 2.15. The molecule has 0 atom stereocenters. The van der Waals surface area contributed by atoms with Gasteiger partial charge in [0, 0.05) is 23.7 Å². The molecule has 2 heteroatoms. The van der Waals surface area contributed by atoms with Crippen LogP contribution in [0.3, 0.4) is 0 Å². The van der Waals surface area contributed by atoms with Crippen molar-refractivity contribution in [1.29, 1.82) is 0 Å².